The Morgan fingerprint density at radius 2 is 0.741 bits per heavy atom. The smallest absolute Gasteiger partial charge is 0.306 e. The normalized spacial score (nSPS) is 24.1. The Hall–Kier alpha value is -6.69. The summed E-state index contributed by atoms with van der Waals surface area (Å²) in [6.07, 6.45) is 9.45. The number of methoxy groups -OCH3 is 2. The van der Waals surface area contributed by atoms with Crippen molar-refractivity contribution in [3.05, 3.63) is 95.6 Å². The molecule has 3 aromatic rings. The Bertz CT molecular complexity index is 3520. The summed E-state index contributed by atoms with van der Waals surface area (Å²) in [5.41, 5.74) is 0.301. The lowest BCUT2D eigenvalue weighted by Crippen LogP contribution is -2.45. The molecule has 3 aromatic carbocycles. The van der Waals surface area contributed by atoms with Crippen molar-refractivity contribution >= 4 is 41.2 Å². The number of hydrogen-bond acceptors (Lipinski definition) is 26. The van der Waals surface area contributed by atoms with Crippen molar-refractivity contribution in [3.8, 4) is 11.5 Å². The van der Waals surface area contributed by atoms with E-state index in [4.69, 9.17) is 90.0 Å². The summed E-state index contributed by atoms with van der Waals surface area (Å²) in [6, 6.07) is 25.0. The summed E-state index contributed by atoms with van der Waals surface area (Å²) < 4.78 is 115. The van der Waals surface area contributed by atoms with Crippen LogP contribution >= 0.6 is 0 Å². The van der Waals surface area contributed by atoms with Crippen LogP contribution < -0.4 is 25.4 Å². The second-order valence-electron chi connectivity index (χ2n) is 37.4. The van der Waals surface area contributed by atoms with E-state index in [1.54, 1.807) is 19.1 Å². The Labute approximate surface area is 806 Å². The highest BCUT2D eigenvalue weighted by Crippen LogP contribution is 2.44. The van der Waals surface area contributed by atoms with Gasteiger partial charge in [0.15, 0.2) is 18.9 Å². The summed E-state index contributed by atoms with van der Waals surface area (Å²) in [7, 11) is 3.24. The molecule has 0 saturated carbocycles. The van der Waals surface area contributed by atoms with Crippen molar-refractivity contribution in [2.24, 2.45) is 58.7 Å². The van der Waals surface area contributed by atoms with E-state index in [1.165, 1.54) is 6.92 Å². The summed E-state index contributed by atoms with van der Waals surface area (Å²) in [6.45, 7) is 34.3. The number of hydrogen-bond donors (Lipinski definition) is 3. The third-order valence-electron chi connectivity index (χ3n) is 27.7. The molecule has 0 radical (unpaired) electrons. The van der Waals surface area contributed by atoms with Crippen molar-refractivity contribution in [2.45, 2.75) is 273 Å². The van der Waals surface area contributed by atoms with Crippen LogP contribution in [0.5, 0.6) is 11.5 Å². The molecule has 30 nitrogen and oxygen atoms in total. The molecule has 0 bridgehead atoms. The number of unbranched alkanes of at least 4 members (excludes halogenated alkanes) is 7. The van der Waals surface area contributed by atoms with Gasteiger partial charge in [0.05, 0.1) is 197 Å². The molecule has 135 heavy (non-hydrogen) atoms. The van der Waals surface area contributed by atoms with Crippen LogP contribution in [0.2, 0.25) is 0 Å². The van der Waals surface area contributed by atoms with E-state index < -0.39 is 29.1 Å². The number of benzene rings is 3. The van der Waals surface area contributed by atoms with Gasteiger partial charge in [-0.2, -0.15) is 0 Å². The number of rotatable bonds is 73. The molecule has 4 amide bonds. The minimum Gasteiger partial charge on any atom is -0.497 e. The Morgan fingerprint density at radius 3 is 1.11 bits per heavy atom. The zero-order valence-corrected chi connectivity index (χ0v) is 84.4. The third kappa shape index (κ3) is 40.8. The lowest BCUT2D eigenvalue weighted by Gasteiger charge is -2.43. The van der Waals surface area contributed by atoms with Crippen molar-refractivity contribution in [2.75, 3.05) is 186 Å². The average molecular weight is 1900 g/mol. The SMILES string of the molecule is CCC1O[C@H](OCCOCCOCCNC(=O)CCOCC(COCCC(=O)NCCOCCOCCO[C@H]2OC(CC)[C@@H](C)[C@H](C)C2C)(COCCC(=O)NCCOCCOCCO[C@H]2OC(CC)[C@@H](C)[C@H](C)C2C)CC(=O)CCCCCCCCCCC(=O)N2C[C@H](OC(=O)CCC(C)=O)C[C@H]2COC(c2ccccc2)(c2ccc(OC)cc2)c2ccc(OC)cc2)C(C)[C@@H](C)[C@@H]1C. The van der Waals surface area contributed by atoms with Gasteiger partial charge in [0.2, 0.25) is 23.6 Å². The van der Waals surface area contributed by atoms with E-state index in [2.05, 4.69) is 99.0 Å². The molecular weight excluding hydrogens is 1730 g/mol. The molecule has 0 aromatic heterocycles. The highest BCUT2D eigenvalue weighted by molar-refractivity contribution is 5.81. The zero-order chi connectivity index (χ0) is 97.6. The van der Waals surface area contributed by atoms with Crippen molar-refractivity contribution in [3.63, 3.8) is 0 Å². The largest absolute Gasteiger partial charge is 0.497 e. The Balaban J connectivity index is 0.908. The molecule has 7 rings (SSSR count). The zero-order valence-electron chi connectivity index (χ0n) is 84.4. The van der Waals surface area contributed by atoms with E-state index >= 15 is 0 Å². The molecular formula is C105H170N4O26. The number of ether oxygens (including phenoxy) is 19. The fourth-order valence-corrected chi connectivity index (χ4v) is 18.3. The Kier molecular flexibility index (Phi) is 55.8. The molecule has 4 saturated heterocycles. The predicted octanol–water partition coefficient (Wildman–Crippen LogP) is 14.6. The first-order chi connectivity index (χ1) is 65.3. The highest BCUT2D eigenvalue weighted by Gasteiger charge is 2.46. The standard InChI is InChI=1S/C105H170N4O26/c1-16-93-79(8)76(5)82(11)101(133-93)128-65-62-122-59-56-119-53-47-106-96(112)44-50-125-72-104(73-126-51-45-97(113)107-48-54-120-57-60-123-63-66-129-102-83(12)77(6)80(9)94(17-2)134-102,74-127-52-46-98(114)108-49-55-121-58-61-124-64-67-130-103-84(13)78(7)81(10)95(18-3)135-103)69-89(111)32-28-23-21-19-20-22-24-29-33-99(115)109-70-92(132-100(116)43-34-75(4)110)68-88(109)71-131-105(85-30-26-25-27-31-85,86-35-39-90(117-14)40-36-86)87-37-41-91(118-15)42-38-87/h25-27,30-31,35-42,76-84,88,92-95,101-103H,16-24,28-29,32-34,43-74H2,1-15H3,(H,106,112)(H,107,113)(H,108,114)/t76-,77-,78-,79-,80-,81-,82?,83?,84?,88-,92+,93?,94?,95?,101-,102-,103-,104?/m0/s1. The molecule has 0 spiro atoms. The van der Waals surface area contributed by atoms with Gasteiger partial charge in [-0.15, -0.1) is 0 Å². The minimum absolute atomic E-state index is 0.00305. The number of amides is 4. The van der Waals surface area contributed by atoms with Gasteiger partial charge >= 0.3 is 5.97 Å². The van der Waals surface area contributed by atoms with Gasteiger partial charge < -0.3 is 116 Å². The van der Waals surface area contributed by atoms with Gasteiger partial charge in [-0.1, -0.05) is 176 Å². The van der Waals surface area contributed by atoms with E-state index in [0.717, 1.165) is 74.5 Å². The molecule has 30 heteroatoms. The fourth-order valence-electron chi connectivity index (χ4n) is 18.3. The Morgan fingerprint density at radius 1 is 0.385 bits per heavy atom. The highest BCUT2D eigenvalue weighted by atomic mass is 16.7. The predicted molar refractivity (Wildman–Crippen MR) is 514 cm³/mol. The molecule has 0 aliphatic carbocycles. The molecule has 4 aliphatic rings. The lowest BCUT2D eigenvalue weighted by molar-refractivity contribution is -0.251. The average Bonchev–Trinajstić information content (AvgIpc) is 1.39. The molecule has 4 heterocycles. The molecule has 6 unspecified atom stereocenters. The van der Waals surface area contributed by atoms with Crippen molar-refractivity contribution < 1.29 is 124 Å². The number of carbonyl (C=O) groups excluding carboxylic acids is 7. The number of esters is 1. The van der Waals surface area contributed by atoms with Crippen molar-refractivity contribution in [1.29, 1.82) is 0 Å². The van der Waals surface area contributed by atoms with Gasteiger partial charge in [0.25, 0.3) is 0 Å². The van der Waals surface area contributed by atoms with Gasteiger partial charge in [-0.05, 0) is 115 Å². The molecule has 4 fully saturated rings. The summed E-state index contributed by atoms with van der Waals surface area (Å²) in [5, 5.41) is 8.70. The van der Waals surface area contributed by atoms with E-state index in [9.17, 15) is 33.6 Å². The molecule has 766 valence electrons. The number of carbonyl (C=O) groups is 7. The van der Waals surface area contributed by atoms with Crippen LogP contribution in [0.15, 0.2) is 78.9 Å². The summed E-state index contributed by atoms with van der Waals surface area (Å²) >= 11 is 0. The first-order valence-corrected chi connectivity index (χ1v) is 50.6. The van der Waals surface area contributed by atoms with E-state index in [-0.39, 0.29) is 234 Å². The number of ketones is 2. The fraction of sp³-hybridized carbons (Fsp3) is 0.762. The molecule has 17 atom stereocenters. The summed E-state index contributed by atoms with van der Waals surface area (Å²) in [5.74, 6) is 3.56. The monoisotopic (exact) mass is 1900 g/mol. The van der Waals surface area contributed by atoms with Crippen LogP contribution in [0.3, 0.4) is 0 Å². The maximum absolute atomic E-state index is 14.5. The van der Waals surface area contributed by atoms with Crippen LogP contribution in [0.1, 0.15) is 235 Å². The maximum atomic E-state index is 14.5. The van der Waals surface area contributed by atoms with Crippen LogP contribution in [0.25, 0.3) is 0 Å². The van der Waals surface area contributed by atoms with Crippen LogP contribution in [-0.2, 0) is 120 Å². The number of likely N-dealkylation sites (tertiary alicyclic amines) is 1. The van der Waals surface area contributed by atoms with Gasteiger partial charge in [-0.3, -0.25) is 28.8 Å². The topological polar surface area (TPSA) is 334 Å². The molecule has 4 aliphatic heterocycles. The number of nitrogens with zero attached hydrogens (tertiary/aromatic N) is 1. The minimum atomic E-state index is -1.15. The first kappa shape index (κ1) is 115. The van der Waals surface area contributed by atoms with Crippen LogP contribution in [0, 0.1) is 58.7 Å². The van der Waals surface area contributed by atoms with Gasteiger partial charge in [-0.25, -0.2) is 0 Å². The van der Waals surface area contributed by atoms with E-state index in [1.807, 2.05) is 78.9 Å². The molecule has 3 N–H and O–H groups in total. The maximum Gasteiger partial charge on any atom is 0.306 e. The van der Waals surface area contributed by atoms with Crippen molar-refractivity contribution in [1.82, 2.24) is 20.9 Å². The van der Waals surface area contributed by atoms with E-state index in [0.29, 0.717) is 146 Å². The second kappa shape index (κ2) is 65.3. The quantitative estimate of drug-likeness (QED) is 0.0268. The number of nitrogens with one attached hydrogen (secondary N) is 3. The number of Topliss-reactive ketones (excluding diaryl/α,β-unsaturated/α-hetero) is 2. The lowest BCUT2D eigenvalue weighted by atomic mass is 9.78. The first-order valence-electron chi connectivity index (χ1n) is 50.6. The summed E-state index contributed by atoms with van der Waals surface area (Å²) in [4.78, 5) is 95.6. The third-order valence-corrected chi connectivity index (χ3v) is 27.7. The second-order valence-corrected chi connectivity index (χ2v) is 37.4. The van der Waals surface area contributed by atoms with Crippen LogP contribution in [0.4, 0.5) is 0 Å². The van der Waals surface area contributed by atoms with Crippen LogP contribution in [-0.4, -0.2) is 281 Å². The van der Waals surface area contributed by atoms with Gasteiger partial charge in [0, 0.05) is 94.2 Å². The van der Waals surface area contributed by atoms with Gasteiger partial charge in [0.1, 0.15) is 34.8 Å².